The van der Waals surface area contributed by atoms with Crippen LogP contribution in [0.2, 0.25) is 0 Å². The van der Waals surface area contributed by atoms with Crippen LogP contribution < -0.4 is 5.32 Å². The number of likely N-dealkylation sites (tertiary alicyclic amines) is 1. The Morgan fingerprint density at radius 1 is 1.27 bits per heavy atom. The highest BCUT2D eigenvalue weighted by Crippen LogP contribution is 2.34. The zero-order valence-corrected chi connectivity index (χ0v) is 19.7. The van der Waals surface area contributed by atoms with Crippen LogP contribution in [0.1, 0.15) is 48.5 Å². The van der Waals surface area contributed by atoms with Crippen molar-refractivity contribution in [3.8, 4) is 0 Å². The van der Waals surface area contributed by atoms with Crippen molar-refractivity contribution in [1.82, 2.24) is 9.88 Å². The molecular formula is C26H31N3O3S. The summed E-state index contributed by atoms with van der Waals surface area (Å²) >= 11 is 1.61. The molecule has 2 aromatic heterocycles. The van der Waals surface area contributed by atoms with Crippen LogP contribution in [0, 0.1) is 0 Å². The quantitative estimate of drug-likeness (QED) is 0.438. The van der Waals surface area contributed by atoms with Crippen LogP contribution in [0.5, 0.6) is 0 Å². The van der Waals surface area contributed by atoms with Gasteiger partial charge in [0, 0.05) is 36.6 Å². The summed E-state index contributed by atoms with van der Waals surface area (Å²) in [6, 6.07) is 11.7. The van der Waals surface area contributed by atoms with Gasteiger partial charge in [-0.1, -0.05) is 24.3 Å². The summed E-state index contributed by atoms with van der Waals surface area (Å²) in [5, 5.41) is 16.5. The number of pyridine rings is 1. The first-order chi connectivity index (χ1) is 16.2. The van der Waals surface area contributed by atoms with Gasteiger partial charge in [0.2, 0.25) is 0 Å². The molecule has 6 nitrogen and oxygen atoms in total. The van der Waals surface area contributed by atoms with Gasteiger partial charge in [0.1, 0.15) is 11.9 Å². The van der Waals surface area contributed by atoms with Gasteiger partial charge in [0.05, 0.1) is 6.10 Å². The van der Waals surface area contributed by atoms with Crippen molar-refractivity contribution in [1.29, 1.82) is 0 Å². The number of anilines is 1. The number of ether oxygens (including phenoxy) is 1. The number of aliphatic carboxylic acids is 1. The van der Waals surface area contributed by atoms with Gasteiger partial charge in [-0.25, -0.2) is 4.98 Å². The van der Waals surface area contributed by atoms with Crippen LogP contribution in [0.15, 0.2) is 41.8 Å². The van der Waals surface area contributed by atoms with E-state index in [1.54, 1.807) is 11.3 Å². The molecule has 2 N–H and O–H groups in total. The van der Waals surface area contributed by atoms with Crippen LogP contribution in [-0.4, -0.2) is 53.3 Å². The molecular weight excluding hydrogens is 434 g/mol. The predicted octanol–water partition coefficient (Wildman–Crippen LogP) is 4.89. The smallest absolute Gasteiger partial charge is 0.325 e. The first-order valence-corrected chi connectivity index (χ1v) is 12.8. The predicted molar refractivity (Wildman–Crippen MR) is 132 cm³/mol. The number of hydrogen-bond donors (Lipinski definition) is 2. The molecule has 0 bridgehead atoms. The van der Waals surface area contributed by atoms with E-state index >= 15 is 0 Å². The topological polar surface area (TPSA) is 74.7 Å². The Balaban J connectivity index is 1.10. The van der Waals surface area contributed by atoms with Gasteiger partial charge in [0.15, 0.2) is 0 Å². The average molecular weight is 466 g/mol. The molecule has 2 aliphatic heterocycles. The maximum Gasteiger partial charge on any atom is 0.325 e. The number of aromatic nitrogens is 1. The Hall–Kier alpha value is -2.48. The highest BCUT2D eigenvalue weighted by molar-refractivity contribution is 7.17. The third-order valence-electron chi connectivity index (χ3n) is 6.71. The first kappa shape index (κ1) is 22.3. The number of rotatable bonds is 9. The molecule has 0 spiro atoms. The minimum atomic E-state index is -0.788. The normalized spacial score (nSPS) is 19.3. The molecule has 0 amide bonds. The van der Waals surface area contributed by atoms with Gasteiger partial charge in [-0.2, -0.15) is 0 Å². The highest BCUT2D eigenvalue weighted by atomic mass is 32.1. The second kappa shape index (κ2) is 10.2. The van der Waals surface area contributed by atoms with Gasteiger partial charge in [-0.15, -0.1) is 11.3 Å². The number of hydrogen-bond acceptors (Lipinski definition) is 6. The molecule has 2 atom stereocenters. The molecule has 5 rings (SSSR count). The summed E-state index contributed by atoms with van der Waals surface area (Å²) in [5.41, 5.74) is 3.36. The van der Waals surface area contributed by atoms with Gasteiger partial charge in [-0.3, -0.25) is 9.69 Å². The van der Waals surface area contributed by atoms with Crippen molar-refractivity contribution < 1.29 is 14.6 Å². The van der Waals surface area contributed by atoms with Crippen molar-refractivity contribution in [2.75, 3.05) is 31.6 Å². The molecule has 1 aromatic carbocycles. The molecule has 1 fully saturated rings. The summed E-state index contributed by atoms with van der Waals surface area (Å²) in [6.07, 6.45) is 6.26. The van der Waals surface area contributed by atoms with Crippen molar-refractivity contribution in [3.63, 3.8) is 0 Å². The van der Waals surface area contributed by atoms with E-state index in [2.05, 4.69) is 28.4 Å². The third-order valence-corrected chi connectivity index (χ3v) is 7.69. The van der Waals surface area contributed by atoms with Gasteiger partial charge in [0.25, 0.3) is 0 Å². The molecule has 1 unspecified atom stereocenters. The van der Waals surface area contributed by atoms with Crippen molar-refractivity contribution in [2.24, 2.45) is 0 Å². The van der Waals surface area contributed by atoms with Crippen molar-refractivity contribution >= 4 is 33.2 Å². The molecule has 3 aromatic rings. The van der Waals surface area contributed by atoms with Gasteiger partial charge >= 0.3 is 5.97 Å². The maximum absolute atomic E-state index is 12.2. The fourth-order valence-corrected chi connectivity index (χ4v) is 5.95. The minimum absolute atomic E-state index is 0.0976. The van der Waals surface area contributed by atoms with Crippen molar-refractivity contribution in [3.05, 3.63) is 58.6 Å². The Kier molecular flexibility index (Phi) is 6.90. The van der Waals surface area contributed by atoms with Crippen molar-refractivity contribution in [2.45, 2.75) is 50.7 Å². The van der Waals surface area contributed by atoms with E-state index in [1.807, 2.05) is 23.6 Å². The van der Waals surface area contributed by atoms with E-state index in [0.29, 0.717) is 13.2 Å². The summed E-state index contributed by atoms with van der Waals surface area (Å²) in [4.78, 5) is 19.0. The van der Waals surface area contributed by atoms with Crippen LogP contribution >= 0.6 is 11.3 Å². The summed E-state index contributed by atoms with van der Waals surface area (Å²) in [6.45, 7) is 3.13. The average Bonchev–Trinajstić information content (AvgIpc) is 3.49. The Labute approximate surface area is 198 Å². The number of carboxylic acids is 1. The lowest BCUT2D eigenvalue weighted by atomic mass is 10.0. The molecule has 2 aliphatic rings. The Morgan fingerprint density at radius 3 is 3.12 bits per heavy atom. The molecule has 0 radical (unpaired) electrons. The zero-order valence-electron chi connectivity index (χ0n) is 18.8. The highest BCUT2D eigenvalue weighted by Gasteiger charge is 2.35. The number of benzene rings is 1. The summed E-state index contributed by atoms with van der Waals surface area (Å²) in [5.74, 6) is 0.274. The largest absolute Gasteiger partial charge is 0.480 e. The minimum Gasteiger partial charge on any atom is -0.480 e. The summed E-state index contributed by atoms with van der Waals surface area (Å²) in [7, 11) is 0. The fraction of sp³-hybridized carbons (Fsp3) is 0.462. The molecule has 0 aliphatic carbocycles. The number of thiophene rings is 1. The molecule has 7 heteroatoms. The van der Waals surface area contributed by atoms with Crippen LogP contribution in [0.25, 0.3) is 10.1 Å². The second-order valence-corrected chi connectivity index (χ2v) is 9.92. The maximum atomic E-state index is 12.2. The number of fused-ring (bicyclic) bond motifs is 2. The molecule has 0 saturated carbocycles. The van der Waals surface area contributed by atoms with E-state index in [9.17, 15) is 9.90 Å². The van der Waals surface area contributed by atoms with Crippen LogP contribution in [-0.2, 0) is 22.4 Å². The molecule has 174 valence electrons. The summed E-state index contributed by atoms with van der Waals surface area (Å²) < 4.78 is 7.20. The SMILES string of the molecule is O=C(O)C(c1cccc2ccsc12)N1CC[C@@H](OCCCCc2ccc3c(n2)NCCC3)C1. The van der Waals surface area contributed by atoms with Gasteiger partial charge in [-0.05, 0) is 72.6 Å². The van der Waals surface area contributed by atoms with E-state index in [1.165, 1.54) is 12.0 Å². The zero-order chi connectivity index (χ0) is 22.6. The lowest BCUT2D eigenvalue weighted by molar-refractivity contribution is -0.143. The molecule has 33 heavy (non-hydrogen) atoms. The standard InChI is InChI=1S/C26H31N3O3S/c30-26(31)23(22-8-3-5-18-12-16-33-24(18)22)29-14-11-21(17-29)32-15-2-1-7-20-10-9-19-6-4-13-27-25(19)28-20/h3,5,8-10,12,16,21,23H,1-2,4,6-7,11,13-15,17H2,(H,27,28)(H,30,31)/t21-,23?/m1/s1. The number of nitrogens with one attached hydrogen (secondary N) is 1. The number of aryl methyl sites for hydroxylation is 2. The Bertz CT molecular complexity index is 1120. The fourth-order valence-electron chi connectivity index (χ4n) is 5.01. The van der Waals surface area contributed by atoms with Gasteiger partial charge < -0.3 is 15.2 Å². The lowest BCUT2D eigenvalue weighted by Gasteiger charge is -2.25. The molecule has 4 heterocycles. The first-order valence-electron chi connectivity index (χ1n) is 12.0. The lowest BCUT2D eigenvalue weighted by Crippen LogP contribution is -2.33. The monoisotopic (exact) mass is 465 g/mol. The van der Waals surface area contributed by atoms with E-state index in [0.717, 1.165) is 72.4 Å². The van der Waals surface area contributed by atoms with Crippen LogP contribution in [0.3, 0.4) is 0 Å². The number of unbranched alkanes of at least 4 members (excludes halogenated alkanes) is 1. The van der Waals surface area contributed by atoms with Crippen LogP contribution in [0.4, 0.5) is 5.82 Å². The van der Waals surface area contributed by atoms with E-state index in [-0.39, 0.29) is 6.10 Å². The number of nitrogens with zero attached hydrogens (tertiary/aromatic N) is 2. The second-order valence-electron chi connectivity index (χ2n) is 9.00. The van der Waals surface area contributed by atoms with E-state index < -0.39 is 12.0 Å². The molecule has 1 saturated heterocycles. The number of carbonyl (C=O) groups is 1. The van der Waals surface area contributed by atoms with E-state index in [4.69, 9.17) is 9.72 Å². The number of carboxylic acid groups (broad SMARTS) is 1. The third kappa shape index (κ3) is 5.05. The Morgan fingerprint density at radius 2 is 2.21 bits per heavy atom.